The van der Waals surface area contributed by atoms with Crippen LogP contribution in [0.3, 0.4) is 0 Å². The van der Waals surface area contributed by atoms with E-state index < -0.39 is 135 Å². The van der Waals surface area contributed by atoms with Crippen LogP contribution in [0.15, 0.2) is 49.6 Å². The van der Waals surface area contributed by atoms with Crippen LogP contribution in [-0.2, 0) is 101 Å². The minimum atomic E-state index is -4.64. The first-order chi connectivity index (χ1) is 45.6. The Kier molecular flexibility index (Phi) is 25.8. The normalized spacial score (nSPS) is 24.4. The Labute approximate surface area is 554 Å². The molecule has 0 spiro atoms. The van der Waals surface area contributed by atoms with Crippen LogP contribution in [0.1, 0.15) is 70.9 Å². The highest BCUT2D eigenvalue weighted by Crippen LogP contribution is 2.55. The standard InChI is InChI=1S/C53H70F2N16O21P2S2/c1-26(2)37(67-33(73)11-15-83-16-13-58-34(74)18-27(3)49(76)77)31(72)19-29(6-5-12-59-51(57)78)46(75)66-30-9-7-28(8-10-30)20-85-53(80)69(4)14-17-84-52(79)68-43-39-45(63-23-61-43)71(25-65-39)48-36(55)41-50(88-48)89-92-94(82,96)90-40-32(21-86-93(81,95)91-41)87-47(35(40)54)70-24-64-38-42(56)60-22-62-44(38)70/h7-10,22-27,29,32,35-37,40-41,47-48,50H,5-6,11-21H2,1-4H3,(H,58,74)(H,66,75)(H,67,73)(H,76,77)(H,81,95)(H,82,96)(H2,56,60,62)(H3,57,59,78)(H,61,63,68,79)/t27?,29-,32-,35-,36-,37+,40-,41+,47-,48-,50-,93?,94?/m1/s1. The number of anilines is 3. The molecule has 0 saturated carbocycles. The number of nitrogens with one attached hydrogen (secondary N) is 5. The largest absolute Gasteiger partial charge is 0.481 e. The van der Waals surface area contributed by atoms with E-state index in [2.05, 4.69) is 56.5 Å². The van der Waals surface area contributed by atoms with Crippen LogP contribution in [-0.4, -0.2) is 203 Å². The summed E-state index contributed by atoms with van der Waals surface area (Å²) in [6.45, 7) is -5.53. The molecule has 3 aliphatic rings. The molecule has 3 fully saturated rings. The lowest BCUT2D eigenvalue weighted by Gasteiger charge is -2.29. The number of carboxylic acids is 1. The van der Waals surface area contributed by atoms with Crippen molar-refractivity contribution in [3.8, 4) is 0 Å². The van der Waals surface area contributed by atoms with Gasteiger partial charge in [0.1, 0.15) is 43.6 Å². The number of benzene rings is 1. The number of nitrogens with two attached hydrogens (primary N) is 2. The number of halogens is 2. The van der Waals surface area contributed by atoms with Gasteiger partial charge < -0.3 is 80.7 Å². The second-order valence-corrected chi connectivity index (χ2v) is 27.7. The zero-order valence-corrected chi connectivity index (χ0v) is 55.0. The lowest BCUT2D eigenvalue weighted by Crippen LogP contribution is -2.46. The Morgan fingerprint density at radius 3 is 2.17 bits per heavy atom. The van der Waals surface area contributed by atoms with Gasteiger partial charge in [-0.15, -0.1) is 4.67 Å². The summed E-state index contributed by atoms with van der Waals surface area (Å²) in [5.74, 6) is -5.35. The summed E-state index contributed by atoms with van der Waals surface area (Å²) in [5, 5.41) is 21.9. The number of nitrogen functional groups attached to an aromatic ring is 1. The fourth-order valence-electron chi connectivity index (χ4n) is 9.76. The van der Waals surface area contributed by atoms with Crippen molar-refractivity contribution in [1.29, 1.82) is 0 Å². The molecule has 524 valence electrons. The van der Waals surface area contributed by atoms with Crippen molar-refractivity contribution in [2.75, 3.05) is 69.5 Å². The summed E-state index contributed by atoms with van der Waals surface area (Å²) in [7, 11) is 1.38. The van der Waals surface area contributed by atoms with Crippen molar-refractivity contribution in [2.45, 2.75) is 115 Å². The third-order valence-corrected chi connectivity index (χ3v) is 17.5. The van der Waals surface area contributed by atoms with Crippen molar-refractivity contribution >= 4 is 124 Å². The van der Waals surface area contributed by atoms with Crippen LogP contribution < -0.4 is 38.1 Å². The monoisotopic (exact) mass is 1430 g/mol. The molecule has 43 heteroatoms. The number of alkyl halides is 2. The molecule has 7 heterocycles. The minimum absolute atomic E-state index is 0.00545. The zero-order chi connectivity index (χ0) is 69.6. The number of nitrogens with zero attached hydrogens (tertiary/aromatic N) is 9. The van der Waals surface area contributed by atoms with Crippen LogP contribution in [0.2, 0.25) is 0 Å². The van der Waals surface area contributed by atoms with Gasteiger partial charge in [-0.3, -0.25) is 47.5 Å². The molecule has 13 atom stereocenters. The van der Waals surface area contributed by atoms with Gasteiger partial charge in [0.15, 0.2) is 65.1 Å². The van der Waals surface area contributed by atoms with Crippen molar-refractivity contribution in [2.24, 2.45) is 23.5 Å². The van der Waals surface area contributed by atoms with Crippen LogP contribution in [0.4, 0.5) is 40.5 Å². The number of hydrogen-bond acceptors (Lipinski definition) is 27. The summed E-state index contributed by atoms with van der Waals surface area (Å²) >= 11 is 10.3. The Bertz CT molecular complexity index is 3720. The maximum Gasteiger partial charge on any atom is 0.412 e. The third-order valence-electron chi connectivity index (χ3n) is 14.7. The lowest BCUT2D eigenvalue weighted by molar-refractivity contribution is -0.336. The van der Waals surface area contributed by atoms with E-state index in [9.17, 15) is 48.1 Å². The van der Waals surface area contributed by atoms with E-state index in [1.54, 1.807) is 38.1 Å². The van der Waals surface area contributed by atoms with E-state index in [4.69, 9.17) is 87.0 Å². The number of carboxylic acid groups (broad SMARTS) is 1. The number of rotatable bonds is 28. The average molecular weight is 1430 g/mol. The third kappa shape index (κ3) is 19.9. The first-order valence-electron chi connectivity index (χ1n) is 29.4. The number of urea groups is 1. The number of likely N-dealkylation sites (N-methyl/N-ethyl adjacent to an activating group) is 1. The SMILES string of the molecule is CC(CC(=O)NCCOCCC(=O)N[C@H](C(=O)C[C@@H](CCCNC(N)=O)C(=O)Nc1ccc(COC(=O)N(C)CCOC(=O)Nc2ncnc3c2ncn3[C@@H]2O[C@@H]3OOP(O)(=S)O[C@H]4[C@@H](F)[C@H](n5cnc6c(N)ncnc65)O[C@@H]4COP(O)(=S)O[C@H]3[C@H]2F)cc1)C(C)C)C(=O)O. The number of carbonyl (C=O) groups is 8. The highest BCUT2D eigenvalue weighted by Gasteiger charge is 2.55. The molecule has 0 radical (unpaired) electrons. The van der Waals surface area contributed by atoms with Crippen LogP contribution >= 0.6 is 13.4 Å². The number of fused-ring (bicyclic) bond motifs is 4. The van der Waals surface area contributed by atoms with Gasteiger partial charge in [0, 0.05) is 51.0 Å². The Balaban J connectivity index is 0.782. The molecule has 3 saturated heterocycles. The van der Waals surface area contributed by atoms with E-state index >= 15 is 8.78 Å². The second kappa shape index (κ2) is 33.5. The molecule has 96 heavy (non-hydrogen) atoms. The van der Waals surface area contributed by atoms with Gasteiger partial charge in [-0.25, -0.2) is 53.1 Å². The summed E-state index contributed by atoms with van der Waals surface area (Å²) < 4.78 is 84.6. The van der Waals surface area contributed by atoms with Gasteiger partial charge in [0.05, 0.1) is 51.0 Å². The smallest absolute Gasteiger partial charge is 0.412 e. The molecule has 5 aromatic rings. The topological polar surface area (TPSA) is 492 Å². The number of amides is 7. The van der Waals surface area contributed by atoms with E-state index in [1.807, 2.05) is 0 Å². The molecule has 8 rings (SSSR count). The highest BCUT2D eigenvalue weighted by molar-refractivity contribution is 8.07. The molecule has 7 amide bonds. The summed E-state index contributed by atoms with van der Waals surface area (Å²) in [6.07, 6.45) is -12.6. The number of primary amides is 1. The molecule has 0 bridgehead atoms. The number of ketones is 1. The molecule has 3 aliphatic heterocycles. The van der Waals surface area contributed by atoms with Gasteiger partial charge in [0.25, 0.3) is 0 Å². The van der Waals surface area contributed by atoms with Gasteiger partial charge in [-0.2, -0.15) is 4.89 Å². The van der Waals surface area contributed by atoms with Crippen LogP contribution in [0.5, 0.6) is 0 Å². The first kappa shape index (κ1) is 74.0. The van der Waals surface area contributed by atoms with Gasteiger partial charge in [-0.1, -0.05) is 32.9 Å². The Hall–Kier alpha value is -7.76. The number of Topliss-reactive ketones (excluding diaryl/α,β-unsaturated/α-hetero) is 1. The molecule has 0 aliphatic carbocycles. The number of aromatic nitrogens is 8. The molecule has 3 unspecified atom stereocenters. The Morgan fingerprint density at radius 2 is 1.47 bits per heavy atom. The molecular formula is C53H70F2N16O21P2S2. The summed E-state index contributed by atoms with van der Waals surface area (Å²) in [4.78, 5) is 154. The van der Waals surface area contributed by atoms with Crippen molar-refractivity contribution in [3.63, 3.8) is 0 Å². The number of imidazole rings is 2. The van der Waals surface area contributed by atoms with Crippen molar-refractivity contribution in [3.05, 3.63) is 55.1 Å². The number of ether oxygens (including phenoxy) is 5. The second-order valence-electron chi connectivity index (χ2n) is 22.2. The van der Waals surface area contributed by atoms with E-state index in [0.29, 0.717) is 11.3 Å². The van der Waals surface area contributed by atoms with Crippen molar-refractivity contribution in [1.82, 2.24) is 59.9 Å². The van der Waals surface area contributed by atoms with Gasteiger partial charge >= 0.3 is 37.6 Å². The van der Waals surface area contributed by atoms with Gasteiger partial charge in [-0.05, 0) is 60.1 Å². The predicted octanol–water partition coefficient (Wildman–Crippen LogP) is 2.41. The maximum atomic E-state index is 16.6. The number of carbonyl (C=O) groups excluding carboxylic acids is 7. The van der Waals surface area contributed by atoms with E-state index in [0.717, 1.165) is 28.4 Å². The summed E-state index contributed by atoms with van der Waals surface area (Å²) in [5.41, 5.74) is 11.9. The fraction of sp³-hybridized carbons (Fsp3) is 0.547. The minimum Gasteiger partial charge on any atom is -0.481 e. The maximum absolute atomic E-state index is 16.6. The summed E-state index contributed by atoms with van der Waals surface area (Å²) in [6, 6.07) is 4.52. The lowest BCUT2D eigenvalue weighted by atomic mass is 9.89. The first-order valence-corrected chi connectivity index (χ1v) is 34.6. The highest BCUT2D eigenvalue weighted by atomic mass is 32.5. The van der Waals surface area contributed by atoms with Crippen LogP contribution in [0.25, 0.3) is 22.3 Å². The molecule has 37 nitrogen and oxygen atoms in total. The quantitative estimate of drug-likeness (QED) is 0.0195. The predicted molar refractivity (Wildman–Crippen MR) is 333 cm³/mol. The van der Waals surface area contributed by atoms with E-state index in [-0.39, 0.29) is 118 Å². The Morgan fingerprint density at radius 1 is 0.802 bits per heavy atom. The molecule has 1 aromatic carbocycles. The number of hydrogen-bond donors (Lipinski definition) is 10. The van der Waals surface area contributed by atoms with Crippen molar-refractivity contribution < 1.29 is 109 Å². The zero-order valence-electron chi connectivity index (χ0n) is 51.6. The average Bonchev–Trinajstić information content (AvgIpc) is 1.62. The van der Waals surface area contributed by atoms with Crippen LogP contribution in [0, 0.1) is 17.8 Å². The van der Waals surface area contributed by atoms with Gasteiger partial charge in [0.2, 0.25) is 24.0 Å². The fourth-order valence-corrected chi connectivity index (χ4v) is 12.4. The molecular weight excluding hydrogens is 1360 g/mol. The molecule has 4 aromatic heterocycles. The molecule has 12 N–H and O–H groups in total. The van der Waals surface area contributed by atoms with E-state index in [1.165, 1.54) is 24.9 Å². The number of aliphatic carboxylic acids is 1.